The summed E-state index contributed by atoms with van der Waals surface area (Å²) >= 11 is 5.85. The Bertz CT molecular complexity index is 404. The van der Waals surface area contributed by atoms with Crippen molar-refractivity contribution in [2.24, 2.45) is 0 Å². The van der Waals surface area contributed by atoms with Crippen LogP contribution in [0.2, 0.25) is 5.02 Å². The molecule has 92 valence electrons. The van der Waals surface area contributed by atoms with Crippen molar-refractivity contribution in [3.63, 3.8) is 0 Å². The number of halogens is 1. The molecule has 4 heteroatoms. The third kappa shape index (κ3) is 2.61. The highest BCUT2D eigenvalue weighted by Gasteiger charge is 2.33. The molecule has 1 saturated heterocycles. The SMILES string of the molecule is CC(c1ccc(Cl)cc1)N1CCCC1C(=O)O. The number of hydrogen-bond donors (Lipinski definition) is 1. The molecule has 3 nitrogen and oxygen atoms in total. The minimum atomic E-state index is -0.719. The fourth-order valence-electron chi connectivity index (χ4n) is 2.45. The average Bonchev–Trinajstić information content (AvgIpc) is 2.78. The standard InChI is InChI=1S/C13H16ClNO2/c1-9(10-4-6-11(14)7-5-10)15-8-2-3-12(15)13(16)17/h4-7,9,12H,2-3,8H2,1H3,(H,16,17). The van der Waals surface area contributed by atoms with Crippen LogP contribution in [0.4, 0.5) is 0 Å². The van der Waals surface area contributed by atoms with Crippen molar-refractivity contribution in [1.29, 1.82) is 0 Å². The van der Waals surface area contributed by atoms with Crippen LogP contribution in [0.3, 0.4) is 0 Å². The van der Waals surface area contributed by atoms with Gasteiger partial charge in [-0.15, -0.1) is 0 Å². The molecule has 1 aliphatic rings. The number of benzene rings is 1. The summed E-state index contributed by atoms with van der Waals surface area (Å²) in [6.45, 7) is 2.89. The van der Waals surface area contributed by atoms with Crippen molar-refractivity contribution >= 4 is 17.6 Å². The molecular formula is C13H16ClNO2. The molecule has 0 radical (unpaired) electrons. The number of rotatable bonds is 3. The van der Waals surface area contributed by atoms with Gasteiger partial charge in [0.2, 0.25) is 0 Å². The lowest BCUT2D eigenvalue weighted by molar-refractivity contribution is -0.142. The second-order valence-corrected chi connectivity index (χ2v) is 4.90. The number of carboxylic acid groups (broad SMARTS) is 1. The smallest absolute Gasteiger partial charge is 0.320 e. The van der Waals surface area contributed by atoms with Crippen LogP contribution in [0, 0.1) is 0 Å². The van der Waals surface area contributed by atoms with Crippen LogP contribution >= 0.6 is 11.6 Å². The molecule has 2 unspecified atom stereocenters. The highest BCUT2D eigenvalue weighted by atomic mass is 35.5. The number of aliphatic carboxylic acids is 1. The Morgan fingerprint density at radius 3 is 2.71 bits per heavy atom. The van der Waals surface area contributed by atoms with Crippen molar-refractivity contribution in [2.45, 2.75) is 31.8 Å². The molecule has 1 aromatic carbocycles. The summed E-state index contributed by atoms with van der Waals surface area (Å²) in [5, 5.41) is 9.87. The zero-order chi connectivity index (χ0) is 12.4. The van der Waals surface area contributed by atoms with Crippen molar-refractivity contribution < 1.29 is 9.90 Å². The zero-order valence-corrected chi connectivity index (χ0v) is 10.5. The van der Waals surface area contributed by atoms with E-state index < -0.39 is 5.97 Å². The quantitative estimate of drug-likeness (QED) is 0.900. The second-order valence-electron chi connectivity index (χ2n) is 4.46. The van der Waals surface area contributed by atoms with Gasteiger partial charge in [-0.1, -0.05) is 23.7 Å². The highest BCUT2D eigenvalue weighted by molar-refractivity contribution is 6.30. The monoisotopic (exact) mass is 253 g/mol. The van der Waals surface area contributed by atoms with Crippen molar-refractivity contribution in [3.8, 4) is 0 Å². The van der Waals surface area contributed by atoms with E-state index in [9.17, 15) is 4.79 Å². The summed E-state index contributed by atoms with van der Waals surface area (Å²) < 4.78 is 0. The molecular weight excluding hydrogens is 238 g/mol. The molecule has 1 fully saturated rings. The second kappa shape index (κ2) is 5.07. The fourth-order valence-corrected chi connectivity index (χ4v) is 2.58. The van der Waals surface area contributed by atoms with Crippen LogP contribution in [-0.4, -0.2) is 28.6 Å². The van der Waals surface area contributed by atoms with E-state index in [2.05, 4.69) is 0 Å². The lowest BCUT2D eigenvalue weighted by Crippen LogP contribution is -2.37. The van der Waals surface area contributed by atoms with E-state index in [4.69, 9.17) is 16.7 Å². The van der Waals surface area contributed by atoms with Crippen LogP contribution < -0.4 is 0 Å². The maximum Gasteiger partial charge on any atom is 0.320 e. The first-order chi connectivity index (χ1) is 8.09. The third-order valence-corrected chi connectivity index (χ3v) is 3.68. The van der Waals surface area contributed by atoms with Gasteiger partial charge in [0.05, 0.1) is 0 Å². The molecule has 0 saturated carbocycles. The summed E-state index contributed by atoms with van der Waals surface area (Å²) in [4.78, 5) is 13.2. The van der Waals surface area contributed by atoms with Gasteiger partial charge in [0.25, 0.3) is 0 Å². The Balaban J connectivity index is 2.16. The summed E-state index contributed by atoms with van der Waals surface area (Å²) in [6.07, 6.45) is 1.70. The predicted molar refractivity (Wildman–Crippen MR) is 67.2 cm³/mol. The molecule has 0 bridgehead atoms. The third-order valence-electron chi connectivity index (χ3n) is 3.43. The molecule has 2 atom stereocenters. The lowest BCUT2D eigenvalue weighted by atomic mass is 10.1. The Labute approximate surface area is 106 Å². The number of hydrogen-bond acceptors (Lipinski definition) is 2. The van der Waals surface area contributed by atoms with Gasteiger partial charge in [0, 0.05) is 11.1 Å². The average molecular weight is 254 g/mol. The molecule has 17 heavy (non-hydrogen) atoms. The zero-order valence-electron chi connectivity index (χ0n) is 9.77. The van der Waals surface area contributed by atoms with Gasteiger partial charge >= 0.3 is 5.97 Å². The fraction of sp³-hybridized carbons (Fsp3) is 0.462. The summed E-state index contributed by atoms with van der Waals surface area (Å²) in [6, 6.07) is 7.39. The Kier molecular flexibility index (Phi) is 3.69. The van der Waals surface area contributed by atoms with E-state index in [0.717, 1.165) is 24.9 Å². The molecule has 1 aromatic rings. The van der Waals surface area contributed by atoms with Gasteiger partial charge in [-0.05, 0) is 44.0 Å². The first-order valence-corrected chi connectivity index (χ1v) is 6.21. The van der Waals surface area contributed by atoms with Gasteiger partial charge in [0.15, 0.2) is 0 Å². The summed E-state index contributed by atoms with van der Waals surface area (Å²) in [5.74, 6) is -0.719. The van der Waals surface area contributed by atoms with Crippen LogP contribution in [0.25, 0.3) is 0 Å². The van der Waals surface area contributed by atoms with Gasteiger partial charge < -0.3 is 5.11 Å². The van der Waals surface area contributed by atoms with Crippen LogP contribution in [-0.2, 0) is 4.79 Å². The van der Waals surface area contributed by atoms with Gasteiger partial charge in [0.1, 0.15) is 6.04 Å². The van der Waals surface area contributed by atoms with E-state index in [1.165, 1.54) is 0 Å². The predicted octanol–water partition coefficient (Wildman–Crippen LogP) is 2.95. The van der Waals surface area contributed by atoms with Crippen LogP contribution in [0.15, 0.2) is 24.3 Å². The Morgan fingerprint density at radius 2 is 2.12 bits per heavy atom. The topological polar surface area (TPSA) is 40.5 Å². The van der Waals surface area contributed by atoms with Gasteiger partial charge in [-0.3, -0.25) is 9.69 Å². The molecule has 1 aliphatic heterocycles. The summed E-state index contributed by atoms with van der Waals surface area (Å²) in [7, 11) is 0. The molecule has 1 heterocycles. The molecule has 2 rings (SSSR count). The molecule has 0 spiro atoms. The molecule has 0 aromatic heterocycles. The maximum absolute atomic E-state index is 11.1. The Morgan fingerprint density at radius 1 is 1.47 bits per heavy atom. The minimum absolute atomic E-state index is 0.121. The number of carboxylic acids is 1. The van der Waals surface area contributed by atoms with E-state index in [-0.39, 0.29) is 12.1 Å². The van der Waals surface area contributed by atoms with E-state index >= 15 is 0 Å². The van der Waals surface area contributed by atoms with E-state index in [1.54, 1.807) is 0 Å². The molecule has 0 aliphatic carbocycles. The van der Waals surface area contributed by atoms with E-state index in [1.807, 2.05) is 36.1 Å². The van der Waals surface area contributed by atoms with Gasteiger partial charge in [-0.2, -0.15) is 0 Å². The van der Waals surface area contributed by atoms with Crippen molar-refractivity contribution in [3.05, 3.63) is 34.9 Å². The first-order valence-electron chi connectivity index (χ1n) is 5.83. The van der Waals surface area contributed by atoms with Crippen LogP contribution in [0.5, 0.6) is 0 Å². The number of nitrogens with zero attached hydrogens (tertiary/aromatic N) is 1. The molecule has 1 N–H and O–H groups in total. The highest BCUT2D eigenvalue weighted by Crippen LogP contribution is 2.29. The Hall–Kier alpha value is -1.06. The lowest BCUT2D eigenvalue weighted by Gasteiger charge is -2.28. The van der Waals surface area contributed by atoms with Crippen molar-refractivity contribution in [2.75, 3.05) is 6.54 Å². The minimum Gasteiger partial charge on any atom is -0.480 e. The van der Waals surface area contributed by atoms with Crippen molar-refractivity contribution in [1.82, 2.24) is 4.90 Å². The summed E-state index contributed by atoms with van der Waals surface area (Å²) in [5.41, 5.74) is 1.11. The normalized spacial score (nSPS) is 22.6. The largest absolute Gasteiger partial charge is 0.480 e. The molecule has 0 amide bonds. The first kappa shape index (κ1) is 12.4. The maximum atomic E-state index is 11.1. The number of carbonyl (C=O) groups is 1. The number of likely N-dealkylation sites (tertiary alicyclic amines) is 1. The van der Waals surface area contributed by atoms with Gasteiger partial charge in [-0.25, -0.2) is 0 Å². The van der Waals surface area contributed by atoms with Crippen LogP contribution in [0.1, 0.15) is 31.4 Å². The van der Waals surface area contributed by atoms with E-state index in [0.29, 0.717) is 5.02 Å².